The maximum atomic E-state index is 12.3. The highest BCUT2D eigenvalue weighted by Gasteiger charge is 2.20. The monoisotopic (exact) mass is 547 g/mol. The summed E-state index contributed by atoms with van der Waals surface area (Å²) in [5, 5.41) is 9.90. The molecule has 0 N–H and O–H groups in total. The molecule has 7 heteroatoms. The average Bonchev–Trinajstić information content (AvgIpc) is 2.97. The van der Waals surface area contributed by atoms with Gasteiger partial charge in [0.2, 0.25) is 6.29 Å². The lowest BCUT2D eigenvalue weighted by Crippen LogP contribution is -2.25. The molecule has 0 aliphatic carbocycles. The van der Waals surface area contributed by atoms with E-state index < -0.39 is 12.3 Å². The van der Waals surface area contributed by atoms with Gasteiger partial charge in [0.25, 0.3) is 0 Å². The van der Waals surface area contributed by atoms with Crippen LogP contribution in [0, 0.1) is 11.3 Å². The molecule has 0 amide bonds. The molecule has 0 spiro atoms. The van der Waals surface area contributed by atoms with Crippen molar-refractivity contribution in [1.82, 2.24) is 0 Å². The van der Waals surface area contributed by atoms with E-state index in [0.717, 1.165) is 24.8 Å². The number of ether oxygens (including phenoxy) is 5. The van der Waals surface area contributed by atoms with E-state index in [0.29, 0.717) is 59.3 Å². The van der Waals surface area contributed by atoms with Crippen LogP contribution in [-0.4, -0.2) is 32.6 Å². The van der Waals surface area contributed by atoms with Crippen LogP contribution in [0.2, 0.25) is 0 Å². The number of hydrogen-bond donors (Lipinski definition) is 0. The number of fused-ring (bicyclic) bond motifs is 1. The van der Waals surface area contributed by atoms with Gasteiger partial charge in [0, 0.05) is 12.0 Å². The lowest BCUT2D eigenvalue weighted by molar-refractivity contribution is -0.159. The van der Waals surface area contributed by atoms with Crippen LogP contribution in [0.1, 0.15) is 82.8 Å². The van der Waals surface area contributed by atoms with Gasteiger partial charge < -0.3 is 23.7 Å². The highest BCUT2D eigenvalue weighted by atomic mass is 16.7. The number of rotatable bonds is 16. The van der Waals surface area contributed by atoms with Gasteiger partial charge in [-0.15, -0.1) is 0 Å². The maximum Gasteiger partial charge on any atom is 0.336 e. The Hall–Kier alpha value is -3.92. The van der Waals surface area contributed by atoms with Crippen LogP contribution in [-0.2, 0) is 9.53 Å². The molecule has 1 unspecified atom stereocenters. The SMILES string of the molecule is C=C(C)C(=O)OC(CCCCCCCCCC)Oc1ccc(/C(C#N)=C/c2ccc3c(c2)OCCO3)cc1OC. The molecule has 1 heterocycles. The lowest BCUT2D eigenvalue weighted by Gasteiger charge is -2.21. The number of unbranched alkanes of at least 4 members (excludes halogenated alkanes) is 7. The molecule has 2 aromatic rings. The molecule has 0 saturated heterocycles. The first kappa shape index (κ1) is 30.6. The van der Waals surface area contributed by atoms with E-state index in [-0.39, 0.29) is 0 Å². The van der Waals surface area contributed by atoms with Crippen molar-refractivity contribution in [2.45, 2.75) is 77.9 Å². The summed E-state index contributed by atoms with van der Waals surface area (Å²) < 4.78 is 28.6. The topological polar surface area (TPSA) is 87.0 Å². The van der Waals surface area contributed by atoms with Crippen molar-refractivity contribution >= 4 is 17.6 Å². The van der Waals surface area contributed by atoms with E-state index in [1.165, 1.54) is 39.2 Å². The van der Waals surface area contributed by atoms with E-state index in [2.05, 4.69) is 19.6 Å². The van der Waals surface area contributed by atoms with E-state index in [4.69, 9.17) is 23.7 Å². The van der Waals surface area contributed by atoms with Crippen LogP contribution in [0.3, 0.4) is 0 Å². The fourth-order valence-electron chi connectivity index (χ4n) is 4.38. The third-order valence-corrected chi connectivity index (χ3v) is 6.61. The first-order valence-corrected chi connectivity index (χ1v) is 14.2. The second kappa shape index (κ2) is 16.2. The van der Waals surface area contributed by atoms with Crippen molar-refractivity contribution in [2.75, 3.05) is 20.3 Å². The molecule has 0 bridgehead atoms. The van der Waals surface area contributed by atoms with Crippen LogP contribution in [0.5, 0.6) is 23.0 Å². The Kier molecular flexibility index (Phi) is 12.4. The summed E-state index contributed by atoms with van der Waals surface area (Å²) in [6, 6.07) is 13.1. The molecule has 0 radical (unpaired) electrons. The molecule has 3 rings (SSSR count). The third-order valence-electron chi connectivity index (χ3n) is 6.61. The largest absolute Gasteiger partial charge is 0.493 e. The predicted octanol–water partition coefficient (Wildman–Crippen LogP) is 7.89. The quantitative estimate of drug-likeness (QED) is 0.0527. The smallest absolute Gasteiger partial charge is 0.336 e. The first-order chi connectivity index (χ1) is 19.4. The van der Waals surface area contributed by atoms with Crippen LogP contribution in [0.25, 0.3) is 11.6 Å². The second-order valence-electron chi connectivity index (χ2n) is 9.94. The zero-order valence-corrected chi connectivity index (χ0v) is 24.0. The number of carbonyl (C=O) groups excluding carboxylic acids is 1. The number of methoxy groups -OCH3 is 1. The van der Waals surface area contributed by atoms with Gasteiger partial charge in [0.05, 0.1) is 18.8 Å². The van der Waals surface area contributed by atoms with Crippen LogP contribution in [0.4, 0.5) is 0 Å². The Labute approximate surface area is 238 Å². The van der Waals surface area contributed by atoms with E-state index in [1.807, 2.05) is 18.2 Å². The number of nitriles is 1. The Bertz CT molecular complexity index is 1210. The minimum atomic E-state index is -0.771. The van der Waals surface area contributed by atoms with Gasteiger partial charge in [0.1, 0.15) is 13.2 Å². The standard InChI is InChI=1S/C33H41NO6/c1-5-6-7-8-9-10-11-12-13-32(40-33(35)24(2)3)39-29-17-15-26(22-30(29)36-4)27(23-34)20-25-14-16-28-31(21-25)38-19-18-37-28/h14-17,20-22,32H,2,5-13,18-19H2,1,3-4H3/b27-20+. The summed E-state index contributed by atoms with van der Waals surface area (Å²) in [6.07, 6.45) is 10.9. The van der Waals surface area contributed by atoms with Crippen LogP contribution < -0.4 is 18.9 Å². The van der Waals surface area contributed by atoms with E-state index >= 15 is 0 Å². The molecule has 0 fully saturated rings. The van der Waals surface area contributed by atoms with Crippen molar-refractivity contribution < 1.29 is 28.5 Å². The number of benzene rings is 2. The molecule has 1 aliphatic rings. The number of esters is 1. The molecule has 2 aromatic carbocycles. The van der Waals surface area contributed by atoms with Gasteiger partial charge in [-0.25, -0.2) is 4.79 Å². The zero-order chi connectivity index (χ0) is 28.7. The highest BCUT2D eigenvalue weighted by molar-refractivity contribution is 5.90. The molecular formula is C33H41NO6. The summed E-state index contributed by atoms with van der Waals surface area (Å²) in [6.45, 7) is 8.53. The molecule has 0 saturated carbocycles. The van der Waals surface area contributed by atoms with Gasteiger partial charge in [0.15, 0.2) is 23.0 Å². The van der Waals surface area contributed by atoms with E-state index in [9.17, 15) is 10.1 Å². The fourth-order valence-corrected chi connectivity index (χ4v) is 4.38. The fraction of sp³-hybridized carbons (Fsp3) is 0.455. The van der Waals surface area contributed by atoms with Crippen molar-refractivity contribution in [2.24, 2.45) is 0 Å². The lowest BCUT2D eigenvalue weighted by atomic mass is 10.0. The van der Waals surface area contributed by atoms with Crippen molar-refractivity contribution in [1.29, 1.82) is 5.26 Å². The van der Waals surface area contributed by atoms with Gasteiger partial charge >= 0.3 is 5.97 Å². The van der Waals surface area contributed by atoms with Gasteiger partial charge in [-0.3, -0.25) is 0 Å². The minimum Gasteiger partial charge on any atom is -0.493 e. The predicted molar refractivity (Wildman–Crippen MR) is 156 cm³/mol. The minimum absolute atomic E-state index is 0.315. The normalized spacial score (nSPS) is 13.2. The molecule has 7 nitrogen and oxygen atoms in total. The number of carbonyl (C=O) groups is 1. The average molecular weight is 548 g/mol. The van der Waals surface area contributed by atoms with Crippen molar-refractivity contribution in [3.05, 3.63) is 59.7 Å². The number of hydrogen-bond acceptors (Lipinski definition) is 7. The summed E-state index contributed by atoms with van der Waals surface area (Å²) in [7, 11) is 1.54. The summed E-state index contributed by atoms with van der Waals surface area (Å²) in [4.78, 5) is 12.3. The van der Waals surface area contributed by atoms with Gasteiger partial charge in [-0.2, -0.15) is 5.26 Å². The Morgan fingerprint density at radius 1 is 1.00 bits per heavy atom. The molecule has 1 aliphatic heterocycles. The summed E-state index contributed by atoms with van der Waals surface area (Å²) in [5.41, 5.74) is 2.25. The summed E-state index contributed by atoms with van der Waals surface area (Å²) >= 11 is 0. The number of allylic oxidation sites excluding steroid dienone is 1. The van der Waals surface area contributed by atoms with Crippen molar-refractivity contribution in [3.63, 3.8) is 0 Å². The van der Waals surface area contributed by atoms with Crippen LogP contribution >= 0.6 is 0 Å². The number of nitrogens with zero attached hydrogens (tertiary/aromatic N) is 1. The molecule has 214 valence electrons. The Morgan fingerprint density at radius 2 is 1.70 bits per heavy atom. The van der Waals surface area contributed by atoms with E-state index in [1.54, 1.807) is 31.2 Å². The van der Waals surface area contributed by atoms with Gasteiger partial charge in [-0.1, -0.05) is 64.5 Å². The molecule has 40 heavy (non-hydrogen) atoms. The zero-order valence-electron chi connectivity index (χ0n) is 24.0. The van der Waals surface area contributed by atoms with Crippen molar-refractivity contribution in [3.8, 4) is 29.1 Å². The first-order valence-electron chi connectivity index (χ1n) is 14.2. The second-order valence-corrected chi connectivity index (χ2v) is 9.94. The molecule has 0 aromatic heterocycles. The maximum absolute atomic E-state index is 12.3. The molecule has 1 atom stereocenters. The van der Waals surface area contributed by atoms with Crippen LogP contribution in [0.15, 0.2) is 48.6 Å². The summed E-state index contributed by atoms with van der Waals surface area (Å²) in [5.74, 6) is 1.73. The highest BCUT2D eigenvalue weighted by Crippen LogP contribution is 2.35. The van der Waals surface area contributed by atoms with Gasteiger partial charge in [-0.05, 0) is 60.9 Å². The third kappa shape index (κ3) is 9.37. The Morgan fingerprint density at radius 3 is 2.38 bits per heavy atom. The molecular weight excluding hydrogens is 506 g/mol. The Balaban J connectivity index is 1.70.